The van der Waals surface area contributed by atoms with Crippen molar-refractivity contribution in [3.8, 4) is 5.75 Å². The molecule has 5 nitrogen and oxygen atoms in total. The maximum atomic E-state index is 12.9. The minimum Gasteiger partial charge on any atom is -0.492 e. The number of ether oxygens (including phenoxy) is 1. The number of rotatable bonds is 6. The molecule has 6 heteroatoms. The van der Waals surface area contributed by atoms with Gasteiger partial charge in [0.05, 0.1) is 17.6 Å². The van der Waals surface area contributed by atoms with Crippen molar-refractivity contribution in [3.05, 3.63) is 88.7 Å². The van der Waals surface area contributed by atoms with E-state index in [4.69, 9.17) is 9.72 Å². The number of anilines is 1. The van der Waals surface area contributed by atoms with E-state index in [9.17, 15) is 4.79 Å². The SMILES string of the molecule is CC(C)(C)c1ccc(OCCn2c(C3CC(=O)N(c4ccc(Br)cc4)C3)nc3ccccc32)cc1. The van der Waals surface area contributed by atoms with Gasteiger partial charge in [0.15, 0.2) is 0 Å². The summed E-state index contributed by atoms with van der Waals surface area (Å²) in [6.45, 7) is 8.44. The summed E-state index contributed by atoms with van der Waals surface area (Å²) in [4.78, 5) is 19.7. The Morgan fingerprint density at radius 2 is 1.71 bits per heavy atom. The molecular weight excluding hydrogens is 502 g/mol. The van der Waals surface area contributed by atoms with Crippen LogP contribution < -0.4 is 9.64 Å². The Balaban J connectivity index is 1.35. The quantitative estimate of drug-likeness (QED) is 0.278. The molecule has 4 aromatic rings. The van der Waals surface area contributed by atoms with Crippen LogP contribution in [-0.2, 0) is 16.8 Å². The Morgan fingerprint density at radius 3 is 2.43 bits per heavy atom. The largest absolute Gasteiger partial charge is 0.492 e. The van der Waals surface area contributed by atoms with E-state index in [1.807, 2.05) is 59.5 Å². The maximum Gasteiger partial charge on any atom is 0.227 e. The van der Waals surface area contributed by atoms with E-state index in [1.54, 1.807) is 0 Å². The Labute approximate surface area is 214 Å². The summed E-state index contributed by atoms with van der Waals surface area (Å²) < 4.78 is 9.33. The van der Waals surface area contributed by atoms with Gasteiger partial charge in [-0.05, 0) is 59.5 Å². The zero-order chi connectivity index (χ0) is 24.6. The van der Waals surface area contributed by atoms with Crippen LogP contribution in [0.3, 0.4) is 0 Å². The number of imidazole rings is 1. The maximum absolute atomic E-state index is 12.9. The summed E-state index contributed by atoms with van der Waals surface area (Å²) in [6, 6.07) is 24.4. The lowest BCUT2D eigenvalue weighted by Crippen LogP contribution is -2.24. The van der Waals surface area contributed by atoms with Crippen LogP contribution in [0.1, 0.15) is 44.5 Å². The molecule has 0 aliphatic carbocycles. The fourth-order valence-corrected chi connectivity index (χ4v) is 4.96. The van der Waals surface area contributed by atoms with Crippen LogP contribution in [-0.4, -0.2) is 28.6 Å². The van der Waals surface area contributed by atoms with Crippen molar-refractivity contribution in [1.82, 2.24) is 9.55 Å². The van der Waals surface area contributed by atoms with Gasteiger partial charge in [-0.15, -0.1) is 0 Å². The highest BCUT2D eigenvalue weighted by Gasteiger charge is 2.34. The van der Waals surface area contributed by atoms with Gasteiger partial charge in [-0.3, -0.25) is 4.79 Å². The van der Waals surface area contributed by atoms with Crippen molar-refractivity contribution < 1.29 is 9.53 Å². The van der Waals surface area contributed by atoms with Gasteiger partial charge in [0.1, 0.15) is 18.2 Å². The summed E-state index contributed by atoms with van der Waals surface area (Å²) in [7, 11) is 0. The summed E-state index contributed by atoms with van der Waals surface area (Å²) in [5.41, 5.74) is 4.35. The molecule has 1 aliphatic rings. The molecule has 35 heavy (non-hydrogen) atoms. The smallest absolute Gasteiger partial charge is 0.227 e. The fourth-order valence-electron chi connectivity index (χ4n) is 4.70. The monoisotopic (exact) mass is 531 g/mol. The first-order valence-electron chi connectivity index (χ1n) is 12.0. The van der Waals surface area contributed by atoms with E-state index in [2.05, 4.69) is 59.5 Å². The van der Waals surface area contributed by atoms with Gasteiger partial charge in [0.25, 0.3) is 0 Å². The minimum atomic E-state index is 0.0321. The van der Waals surface area contributed by atoms with Crippen LogP contribution in [0.25, 0.3) is 11.0 Å². The van der Waals surface area contributed by atoms with Gasteiger partial charge in [-0.1, -0.05) is 61.0 Å². The third-order valence-electron chi connectivity index (χ3n) is 6.62. The summed E-state index contributed by atoms with van der Waals surface area (Å²) in [5, 5.41) is 0. The summed E-state index contributed by atoms with van der Waals surface area (Å²) in [5.74, 6) is 1.98. The highest BCUT2D eigenvalue weighted by atomic mass is 79.9. The van der Waals surface area contributed by atoms with Crippen molar-refractivity contribution in [1.29, 1.82) is 0 Å². The molecule has 1 aliphatic heterocycles. The normalized spacial score (nSPS) is 16.3. The van der Waals surface area contributed by atoms with Gasteiger partial charge < -0.3 is 14.2 Å². The Bertz CT molecular complexity index is 1340. The third-order valence-corrected chi connectivity index (χ3v) is 7.15. The zero-order valence-corrected chi connectivity index (χ0v) is 22.0. The first-order chi connectivity index (χ1) is 16.8. The number of hydrogen-bond donors (Lipinski definition) is 0. The van der Waals surface area contributed by atoms with Crippen LogP contribution >= 0.6 is 15.9 Å². The van der Waals surface area contributed by atoms with Crippen molar-refractivity contribution in [2.75, 3.05) is 18.1 Å². The molecule has 3 aromatic carbocycles. The lowest BCUT2D eigenvalue weighted by atomic mass is 9.87. The van der Waals surface area contributed by atoms with Gasteiger partial charge in [-0.25, -0.2) is 4.98 Å². The second-order valence-corrected chi connectivity index (χ2v) is 11.0. The fraction of sp³-hybridized carbons (Fsp3) is 0.310. The molecule has 180 valence electrons. The summed E-state index contributed by atoms with van der Waals surface area (Å²) >= 11 is 3.47. The lowest BCUT2D eigenvalue weighted by Gasteiger charge is -2.19. The molecule has 1 fully saturated rings. The first kappa shape index (κ1) is 23.6. The van der Waals surface area contributed by atoms with E-state index in [0.29, 0.717) is 26.1 Å². The Hall–Kier alpha value is -3.12. The number of benzene rings is 3. The average molecular weight is 532 g/mol. The van der Waals surface area contributed by atoms with Gasteiger partial charge in [0.2, 0.25) is 5.91 Å². The second kappa shape index (κ2) is 9.50. The molecule has 0 spiro atoms. The number of carbonyl (C=O) groups is 1. The zero-order valence-electron chi connectivity index (χ0n) is 20.4. The van der Waals surface area contributed by atoms with E-state index >= 15 is 0 Å². The number of para-hydroxylation sites is 2. The molecule has 1 atom stereocenters. The summed E-state index contributed by atoms with van der Waals surface area (Å²) in [6.07, 6.45) is 0.453. The molecule has 0 radical (unpaired) electrons. The molecule has 0 saturated carbocycles. The molecule has 1 unspecified atom stereocenters. The predicted molar refractivity (Wildman–Crippen MR) is 144 cm³/mol. The molecular formula is C29H30BrN3O2. The second-order valence-electron chi connectivity index (χ2n) is 10.1. The number of nitrogens with zero attached hydrogens (tertiary/aromatic N) is 3. The highest BCUT2D eigenvalue weighted by molar-refractivity contribution is 9.10. The van der Waals surface area contributed by atoms with E-state index in [1.165, 1.54) is 5.56 Å². The van der Waals surface area contributed by atoms with E-state index in [0.717, 1.165) is 32.8 Å². The van der Waals surface area contributed by atoms with Gasteiger partial charge >= 0.3 is 0 Å². The van der Waals surface area contributed by atoms with Gasteiger partial charge in [-0.2, -0.15) is 0 Å². The molecule has 5 rings (SSSR count). The predicted octanol–water partition coefficient (Wildman–Crippen LogP) is 6.70. The van der Waals surface area contributed by atoms with Crippen molar-refractivity contribution in [2.24, 2.45) is 0 Å². The average Bonchev–Trinajstić information content (AvgIpc) is 3.40. The van der Waals surface area contributed by atoms with Crippen molar-refractivity contribution in [3.63, 3.8) is 0 Å². The number of halogens is 1. The molecule has 0 bridgehead atoms. The van der Waals surface area contributed by atoms with E-state index < -0.39 is 0 Å². The van der Waals surface area contributed by atoms with Crippen LogP contribution in [0, 0.1) is 0 Å². The van der Waals surface area contributed by atoms with E-state index in [-0.39, 0.29) is 17.2 Å². The minimum absolute atomic E-state index is 0.0321. The molecule has 1 saturated heterocycles. The molecule has 1 aromatic heterocycles. The number of amides is 1. The standard InChI is InChI=1S/C29H30BrN3O2/c1-29(2,3)21-8-14-24(15-9-21)35-17-16-32-26-7-5-4-6-25(26)31-28(32)20-18-27(34)33(19-20)23-12-10-22(30)11-13-23/h4-15,20H,16-19H2,1-3H3. The third kappa shape index (κ3) is 4.98. The number of hydrogen-bond acceptors (Lipinski definition) is 3. The highest BCUT2D eigenvalue weighted by Crippen LogP contribution is 2.33. The lowest BCUT2D eigenvalue weighted by molar-refractivity contribution is -0.117. The Kier molecular flexibility index (Phi) is 6.41. The van der Waals surface area contributed by atoms with Crippen molar-refractivity contribution in [2.45, 2.75) is 45.1 Å². The molecule has 1 amide bonds. The number of carbonyl (C=O) groups excluding carboxylic acids is 1. The molecule has 0 N–H and O–H groups in total. The topological polar surface area (TPSA) is 47.4 Å². The first-order valence-corrected chi connectivity index (χ1v) is 12.8. The Morgan fingerprint density at radius 1 is 1.00 bits per heavy atom. The molecule has 2 heterocycles. The number of aromatic nitrogens is 2. The van der Waals surface area contributed by atoms with Crippen LogP contribution in [0.15, 0.2) is 77.3 Å². The van der Waals surface area contributed by atoms with Crippen LogP contribution in [0.4, 0.5) is 5.69 Å². The van der Waals surface area contributed by atoms with Crippen LogP contribution in [0.5, 0.6) is 5.75 Å². The van der Waals surface area contributed by atoms with Crippen molar-refractivity contribution >= 4 is 38.6 Å². The van der Waals surface area contributed by atoms with Crippen LogP contribution in [0.2, 0.25) is 0 Å². The number of fused-ring (bicyclic) bond motifs is 1. The van der Waals surface area contributed by atoms with Gasteiger partial charge in [0, 0.05) is 29.0 Å².